The highest BCUT2D eigenvalue weighted by atomic mass is 15.3. The van der Waals surface area contributed by atoms with Gasteiger partial charge in [0.15, 0.2) is 0 Å². The Balaban J connectivity index is 1.72. The molecule has 0 radical (unpaired) electrons. The zero-order valence-electron chi connectivity index (χ0n) is 13.5. The highest BCUT2D eigenvalue weighted by molar-refractivity contribution is 5.06. The molecule has 3 aliphatic heterocycles. The number of rotatable bonds is 4. The number of piperidine rings is 2. The van der Waals surface area contributed by atoms with Gasteiger partial charge in [-0.25, -0.2) is 0 Å². The van der Waals surface area contributed by atoms with Crippen LogP contribution in [0.25, 0.3) is 0 Å². The Morgan fingerprint density at radius 2 is 1.70 bits per heavy atom. The van der Waals surface area contributed by atoms with E-state index in [1.54, 1.807) is 0 Å². The summed E-state index contributed by atoms with van der Waals surface area (Å²) < 4.78 is 0. The summed E-state index contributed by atoms with van der Waals surface area (Å²) in [6.45, 7) is 12.1. The predicted octanol–water partition coefficient (Wildman–Crippen LogP) is 2.31. The van der Waals surface area contributed by atoms with E-state index in [1.807, 2.05) is 0 Å². The number of nitrogens with two attached hydrogens (primary N) is 1. The molecule has 116 valence electrons. The van der Waals surface area contributed by atoms with Crippen LogP contribution in [0.5, 0.6) is 0 Å². The summed E-state index contributed by atoms with van der Waals surface area (Å²) in [5, 5.41) is 0. The van der Waals surface area contributed by atoms with Crippen molar-refractivity contribution in [2.45, 2.75) is 57.9 Å². The fourth-order valence-corrected chi connectivity index (χ4v) is 5.23. The molecule has 0 aromatic heterocycles. The van der Waals surface area contributed by atoms with E-state index < -0.39 is 0 Å². The average Bonchev–Trinajstić information content (AvgIpc) is 2.92. The van der Waals surface area contributed by atoms with Gasteiger partial charge in [0, 0.05) is 18.6 Å². The summed E-state index contributed by atoms with van der Waals surface area (Å²) in [6, 6.07) is 0. The summed E-state index contributed by atoms with van der Waals surface area (Å²) in [4.78, 5) is 5.45. The Labute approximate surface area is 124 Å². The van der Waals surface area contributed by atoms with Crippen molar-refractivity contribution in [3.05, 3.63) is 0 Å². The van der Waals surface area contributed by atoms with Crippen LogP contribution in [0.4, 0.5) is 0 Å². The first-order chi connectivity index (χ1) is 9.68. The second-order valence-electron chi connectivity index (χ2n) is 7.54. The average molecular weight is 279 g/mol. The zero-order chi connectivity index (χ0) is 14.2. The number of nitrogens with zero attached hydrogens (tertiary/aromatic N) is 2. The van der Waals surface area contributed by atoms with Gasteiger partial charge in [0.2, 0.25) is 0 Å². The zero-order valence-corrected chi connectivity index (χ0v) is 13.5. The van der Waals surface area contributed by atoms with E-state index in [0.717, 1.165) is 12.5 Å². The molecule has 3 nitrogen and oxygen atoms in total. The van der Waals surface area contributed by atoms with Crippen molar-refractivity contribution >= 4 is 0 Å². The van der Waals surface area contributed by atoms with Gasteiger partial charge in [-0.05, 0) is 63.2 Å². The highest BCUT2D eigenvalue weighted by Crippen LogP contribution is 2.44. The third-order valence-electron chi connectivity index (χ3n) is 7.20. The molecule has 3 unspecified atom stereocenters. The Morgan fingerprint density at radius 1 is 1.00 bits per heavy atom. The molecule has 3 heterocycles. The third-order valence-corrected chi connectivity index (χ3v) is 7.20. The van der Waals surface area contributed by atoms with Gasteiger partial charge in [0.05, 0.1) is 0 Å². The summed E-state index contributed by atoms with van der Waals surface area (Å²) in [7, 11) is 0. The van der Waals surface area contributed by atoms with Crippen LogP contribution in [0.3, 0.4) is 0 Å². The predicted molar refractivity (Wildman–Crippen MR) is 84.8 cm³/mol. The van der Waals surface area contributed by atoms with Crippen LogP contribution >= 0.6 is 0 Å². The first-order valence-corrected chi connectivity index (χ1v) is 8.85. The molecule has 0 aromatic carbocycles. The van der Waals surface area contributed by atoms with E-state index in [0.29, 0.717) is 11.0 Å². The quantitative estimate of drug-likeness (QED) is 0.857. The molecule has 0 spiro atoms. The Bertz CT molecular complexity index is 329. The molecule has 0 saturated carbocycles. The number of hydrogen-bond donors (Lipinski definition) is 1. The molecule has 2 bridgehead atoms. The summed E-state index contributed by atoms with van der Waals surface area (Å²) >= 11 is 0. The van der Waals surface area contributed by atoms with Crippen molar-refractivity contribution in [2.24, 2.45) is 17.1 Å². The molecule has 2 N–H and O–H groups in total. The minimum Gasteiger partial charge on any atom is -0.329 e. The second-order valence-corrected chi connectivity index (χ2v) is 7.54. The second kappa shape index (κ2) is 5.58. The SMILES string of the molecule is CCC1(CC)CCN(C2(CN)CCN3CCC2C3)CC1. The maximum absolute atomic E-state index is 6.33. The van der Waals surface area contributed by atoms with E-state index in [9.17, 15) is 0 Å². The fraction of sp³-hybridized carbons (Fsp3) is 1.00. The molecule has 0 aliphatic carbocycles. The maximum Gasteiger partial charge on any atom is 0.0384 e. The van der Waals surface area contributed by atoms with E-state index in [1.165, 1.54) is 71.2 Å². The molecular formula is C17H33N3. The van der Waals surface area contributed by atoms with Gasteiger partial charge in [-0.3, -0.25) is 4.90 Å². The monoisotopic (exact) mass is 279 g/mol. The van der Waals surface area contributed by atoms with Crippen LogP contribution in [-0.2, 0) is 0 Å². The van der Waals surface area contributed by atoms with Crippen LogP contribution < -0.4 is 5.73 Å². The molecule has 3 heteroatoms. The lowest BCUT2D eigenvalue weighted by atomic mass is 9.70. The van der Waals surface area contributed by atoms with Crippen molar-refractivity contribution in [3.8, 4) is 0 Å². The molecule has 3 saturated heterocycles. The normalized spacial score (nSPS) is 41.0. The lowest BCUT2D eigenvalue weighted by Crippen LogP contribution is -2.64. The van der Waals surface area contributed by atoms with Gasteiger partial charge < -0.3 is 10.6 Å². The minimum absolute atomic E-state index is 0.334. The Morgan fingerprint density at radius 3 is 2.30 bits per heavy atom. The third kappa shape index (κ3) is 2.22. The van der Waals surface area contributed by atoms with E-state index >= 15 is 0 Å². The standard InChI is InChI=1S/C17H33N3/c1-3-16(4-2)6-11-20(12-7-16)17(14-18)8-10-19-9-5-15(17)13-19/h15H,3-14,18H2,1-2H3. The molecular weight excluding hydrogens is 246 g/mol. The van der Waals surface area contributed by atoms with Crippen LogP contribution in [0.15, 0.2) is 0 Å². The lowest BCUT2D eigenvalue weighted by Gasteiger charge is -2.54. The van der Waals surface area contributed by atoms with Crippen molar-refractivity contribution in [3.63, 3.8) is 0 Å². The summed E-state index contributed by atoms with van der Waals surface area (Å²) in [5.41, 5.74) is 7.29. The first kappa shape index (κ1) is 14.8. The minimum atomic E-state index is 0.334. The molecule has 20 heavy (non-hydrogen) atoms. The number of hydrogen-bond acceptors (Lipinski definition) is 3. The van der Waals surface area contributed by atoms with Gasteiger partial charge in [-0.2, -0.15) is 0 Å². The van der Waals surface area contributed by atoms with Gasteiger partial charge >= 0.3 is 0 Å². The highest BCUT2D eigenvalue weighted by Gasteiger charge is 2.50. The molecule has 0 amide bonds. The number of fused-ring (bicyclic) bond motifs is 2. The van der Waals surface area contributed by atoms with Crippen LogP contribution in [0.2, 0.25) is 0 Å². The van der Waals surface area contributed by atoms with Crippen molar-refractivity contribution in [1.82, 2.24) is 9.80 Å². The van der Waals surface area contributed by atoms with Crippen LogP contribution in [0, 0.1) is 11.3 Å². The smallest absolute Gasteiger partial charge is 0.0384 e. The van der Waals surface area contributed by atoms with E-state index in [-0.39, 0.29) is 0 Å². The van der Waals surface area contributed by atoms with Gasteiger partial charge in [-0.1, -0.05) is 26.7 Å². The molecule has 3 atom stereocenters. The summed E-state index contributed by atoms with van der Waals surface area (Å²) in [5.74, 6) is 0.831. The lowest BCUT2D eigenvalue weighted by molar-refractivity contribution is -0.0342. The van der Waals surface area contributed by atoms with E-state index in [2.05, 4.69) is 23.6 Å². The van der Waals surface area contributed by atoms with Crippen LogP contribution in [-0.4, -0.2) is 54.6 Å². The number of likely N-dealkylation sites (tertiary alicyclic amines) is 1. The van der Waals surface area contributed by atoms with Crippen molar-refractivity contribution in [1.29, 1.82) is 0 Å². The molecule has 3 aliphatic rings. The molecule has 0 aromatic rings. The van der Waals surface area contributed by atoms with Gasteiger partial charge in [-0.15, -0.1) is 0 Å². The maximum atomic E-state index is 6.33. The van der Waals surface area contributed by atoms with Gasteiger partial charge in [0.25, 0.3) is 0 Å². The topological polar surface area (TPSA) is 32.5 Å². The van der Waals surface area contributed by atoms with E-state index in [4.69, 9.17) is 5.73 Å². The molecule has 3 rings (SSSR count). The van der Waals surface area contributed by atoms with Gasteiger partial charge in [0.1, 0.15) is 0 Å². The fourth-order valence-electron chi connectivity index (χ4n) is 5.23. The Hall–Kier alpha value is -0.120. The Kier molecular flexibility index (Phi) is 4.13. The van der Waals surface area contributed by atoms with Crippen LogP contribution in [0.1, 0.15) is 52.4 Å². The van der Waals surface area contributed by atoms with Crippen molar-refractivity contribution in [2.75, 3.05) is 39.3 Å². The van der Waals surface area contributed by atoms with Crippen molar-refractivity contribution < 1.29 is 0 Å². The summed E-state index contributed by atoms with van der Waals surface area (Å²) in [6.07, 6.45) is 8.16. The first-order valence-electron chi connectivity index (χ1n) is 8.85. The largest absolute Gasteiger partial charge is 0.329 e. The molecule has 3 fully saturated rings.